The van der Waals surface area contributed by atoms with E-state index in [0.717, 1.165) is 0 Å². The normalized spacial score (nSPS) is 14.2. The van der Waals surface area contributed by atoms with Crippen molar-refractivity contribution in [2.24, 2.45) is 0 Å². The summed E-state index contributed by atoms with van der Waals surface area (Å²) in [7, 11) is 1.56. The van der Waals surface area contributed by atoms with Gasteiger partial charge in [-0.05, 0) is 12.1 Å². The molecule has 3 amide bonds. The molecule has 23 heavy (non-hydrogen) atoms. The molecule has 8 nitrogen and oxygen atoms in total. The van der Waals surface area contributed by atoms with Gasteiger partial charge in [0.25, 0.3) is 0 Å². The molecule has 0 bridgehead atoms. The van der Waals surface area contributed by atoms with Gasteiger partial charge >= 0.3 is 6.03 Å². The summed E-state index contributed by atoms with van der Waals surface area (Å²) in [6.45, 7) is 0.914. The molecule has 1 aliphatic heterocycles. The van der Waals surface area contributed by atoms with E-state index in [0.29, 0.717) is 30.3 Å². The number of nitrogens with zero attached hydrogens (tertiary/aromatic N) is 3. The summed E-state index contributed by atoms with van der Waals surface area (Å²) >= 11 is 0. The lowest BCUT2D eigenvalue weighted by molar-refractivity contribution is -0.116. The Morgan fingerprint density at radius 1 is 1.35 bits per heavy atom. The third-order valence-corrected chi connectivity index (χ3v) is 3.51. The van der Waals surface area contributed by atoms with Crippen LogP contribution >= 0.6 is 0 Å². The first-order valence-electron chi connectivity index (χ1n) is 7.08. The van der Waals surface area contributed by atoms with Crippen molar-refractivity contribution in [2.75, 3.05) is 37.0 Å². The summed E-state index contributed by atoms with van der Waals surface area (Å²) in [5.74, 6) is 0.618. The van der Waals surface area contributed by atoms with Gasteiger partial charge in [0.2, 0.25) is 5.91 Å². The van der Waals surface area contributed by atoms with Crippen LogP contribution < -0.4 is 15.0 Å². The van der Waals surface area contributed by atoms with Crippen molar-refractivity contribution in [3.05, 3.63) is 36.6 Å². The van der Waals surface area contributed by atoms with E-state index < -0.39 is 0 Å². The topological polar surface area (TPSA) is 87.9 Å². The van der Waals surface area contributed by atoms with Gasteiger partial charge in [0, 0.05) is 19.2 Å². The maximum absolute atomic E-state index is 12.5. The maximum atomic E-state index is 12.5. The van der Waals surface area contributed by atoms with Crippen molar-refractivity contribution in [1.29, 1.82) is 0 Å². The fourth-order valence-corrected chi connectivity index (χ4v) is 2.44. The number of methoxy groups -OCH3 is 1. The number of carbonyl (C=O) groups excluding carboxylic acids is 2. The maximum Gasteiger partial charge on any atom is 0.325 e. The molecule has 0 aliphatic carbocycles. The van der Waals surface area contributed by atoms with Crippen LogP contribution in [0, 0.1) is 0 Å². The Balaban J connectivity index is 1.66. The minimum absolute atomic E-state index is 0.0443. The van der Waals surface area contributed by atoms with Crippen LogP contribution in [0.25, 0.3) is 0 Å². The van der Waals surface area contributed by atoms with Crippen LogP contribution in [0.1, 0.15) is 0 Å². The lowest BCUT2D eigenvalue weighted by Gasteiger charge is -2.20. The van der Waals surface area contributed by atoms with E-state index in [1.807, 2.05) is 18.2 Å². The second-order valence-corrected chi connectivity index (χ2v) is 4.96. The fourth-order valence-electron chi connectivity index (χ4n) is 2.44. The minimum Gasteiger partial charge on any atom is -0.495 e. The number of ether oxygens (including phenoxy) is 1. The Hall–Kier alpha value is -3.03. The summed E-state index contributed by atoms with van der Waals surface area (Å²) < 4.78 is 9.92. The number of carbonyl (C=O) groups is 2. The highest BCUT2D eigenvalue weighted by molar-refractivity contribution is 5.99. The summed E-state index contributed by atoms with van der Waals surface area (Å²) in [6.07, 6.45) is 1.36. The van der Waals surface area contributed by atoms with Crippen LogP contribution in [0.15, 0.2) is 41.1 Å². The van der Waals surface area contributed by atoms with Gasteiger partial charge < -0.3 is 19.5 Å². The Morgan fingerprint density at radius 2 is 2.17 bits per heavy atom. The van der Waals surface area contributed by atoms with Crippen LogP contribution in [0.2, 0.25) is 0 Å². The molecule has 1 aromatic carbocycles. The van der Waals surface area contributed by atoms with Crippen LogP contribution in [0.5, 0.6) is 5.75 Å². The number of aromatic nitrogens is 1. The number of hydrogen-bond donors (Lipinski definition) is 1. The Morgan fingerprint density at radius 3 is 2.91 bits per heavy atom. The summed E-state index contributed by atoms with van der Waals surface area (Å²) in [6, 6.07) is 8.59. The number of amides is 3. The van der Waals surface area contributed by atoms with Crippen molar-refractivity contribution in [2.45, 2.75) is 0 Å². The first kappa shape index (κ1) is 14.9. The number of nitrogens with one attached hydrogen (secondary N) is 1. The van der Waals surface area contributed by atoms with E-state index in [1.54, 1.807) is 18.1 Å². The molecule has 120 valence electrons. The van der Waals surface area contributed by atoms with Gasteiger partial charge in [-0.25, -0.2) is 4.79 Å². The van der Waals surface area contributed by atoms with E-state index in [9.17, 15) is 9.59 Å². The first-order valence-corrected chi connectivity index (χ1v) is 7.08. The second-order valence-electron chi connectivity index (χ2n) is 4.96. The van der Waals surface area contributed by atoms with Crippen molar-refractivity contribution < 1.29 is 18.8 Å². The van der Waals surface area contributed by atoms with Gasteiger partial charge in [0.15, 0.2) is 5.82 Å². The van der Waals surface area contributed by atoms with Crippen molar-refractivity contribution in [3.8, 4) is 5.75 Å². The monoisotopic (exact) mass is 316 g/mol. The molecule has 1 aromatic heterocycles. The zero-order valence-electron chi connectivity index (χ0n) is 12.6. The molecule has 0 unspecified atom stereocenters. The molecule has 1 aliphatic rings. The Bertz CT molecular complexity index is 701. The van der Waals surface area contributed by atoms with Crippen molar-refractivity contribution in [3.63, 3.8) is 0 Å². The van der Waals surface area contributed by atoms with Crippen LogP contribution in [0.3, 0.4) is 0 Å². The van der Waals surface area contributed by atoms with Crippen molar-refractivity contribution in [1.82, 2.24) is 10.1 Å². The van der Waals surface area contributed by atoms with E-state index in [-0.39, 0.29) is 18.5 Å². The van der Waals surface area contributed by atoms with Crippen LogP contribution in [-0.2, 0) is 4.79 Å². The molecule has 2 aromatic rings. The van der Waals surface area contributed by atoms with Crippen LogP contribution in [0.4, 0.5) is 16.3 Å². The molecule has 8 heteroatoms. The van der Waals surface area contributed by atoms with E-state index >= 15 is 0 Å². The SMILES string of the molecule is COc1ccccc1N1CCN(CC(=O)Nc2ccon2)C1=O. The summed E-state index contributed by atoms with van der Waals surface area (Å²) in [5.41, 5.74) is 0.694. The van der Waals surface area contributed by atoms with Gasteiger partial charge in [0.05, 0.1) is 12.8 Å². The Kier molecular flexibility index (Phi) is 4.13. The second kappa shape index (κ2) is 6.39. The van der Waals surface area contributed by atoms with Gasteiger partial charge in [-0.2, -0.15) is 0 Å². The zero-order chi connectivity index (χ0) is 16.2. The molecule has 1 fully saturated rings. The summed E-state index contributed by atoms with van der Waals surface area (Å²) in [5, 5.41) is 6.16. The van der Waals surface area contributed by atoms with Crippen molar-refractivity contribution >= 4 is 23.4 Å². The minimum atomic E-state index is -0.325. The highest BCUT2D eigenvalue weighted by Crippen LogP contribution is 2.30. The van der Waals surface area contributed by atoms with Gasteiger partial charge in [-0.1, -0.05) is 17.3 Å². The van der Waals surface area contributed by atoms with E-state index in [4.69, 9.17) is 4.74 Å². The van der Waals surface area contributed by atoms with Gasteiger partial charge in [-0.15, -0.1) is 0 Å². The standard InChI is InChI=1S/C15H16N4O4/c1-22-12-5-3-2-4-11(12)19-8-7-18(15(19)21)10-14(20)16-13-6-9-23-17-13/h2-6,9H,7-8,10H2,1H3,(H,16,17,20). The number of urea groups is 1. The molecular formula is C15H16N4O4. The van der Waals surface area contributed by atoms with E-state index in [2.05, 4.69) is 15.0 Å². The largest absolute Gasteiger partial charge is 0.495 e. The molecule has 1 saturated heterocycles. The number of benzene rings is 1. The number of para-hydroxylation sites is 2. The Labute approximate surface area is 132 Å². The molecule has 1 N–H and O–H groups in total. The third kappa shape index (κ3) is 3.10. The number of hydrogen-bond acceptors (Lipinski definition) is 5. The highest BCUT2D eigenvalue weighted by Gasteiger charge is 2.32. The molecule has 0 saturated carbocycles. The molecule has 3 rings (SSSR count). The fraction of sp³-hybridized carbons (Fsp3) is 0.267. The molecule has 0 spiro atoms. The lowest BCUT2D eigenvalue weighted by atomic mass is 10.2. The lowest BCUT2D eigenvalue weighted by Crippen LogP contribution is -2.37. The molecule has 0 atom stereocenters. The first-order chi connectivity index (χ1) is 11.2. The van der Waals surface area contributed by atoms with Crippen LogP contribution in [-0.4, -0.2) is 48.7 Å². The van der Waals surface area contributed by atoms with Gasteiger partial charge in [0.1, 0.15) is 18.6 Å². The highest BCUT2D eigenvalue weighted by atomic mass is 16.5. The smallest absolute Gasteiger partial charge is 0.325 e. The van der Waals surface area contributed by atoms with Gasteiger partial charge in [-0.3, -0.25) is 9.69 Å². The average molecular weight is 316 g/mol. The number of rotatable bonds is 5. The predicted octanol–water partition coefficient (Wildman–Crippen LogP) is 1.56. The quantitative estimate of drug-likeness (QED) is 0.904. The average Bonchev–Trinajstić information content (AvgIpc) is 3.18. The molecule has 2 heterocycles. The predicted molar refractivity (Wildman–Crippen MR) is 82.4 cm³/mol. The molecular weight excluding hydrogens is 300 g/mol. The molecule has 0 radical (unpaired) electrons. The number of anilines is 2. The summed E-state index contributed by atoms with van der Waals surface area (Å²) in [4.78, 5) is 27.5. The van der Waals surface area contributed by atoms with E-state index in [1.165, 1.54) is 17.2 Å². The zero-order valence-corrected chi connectivity index (χ0v) is 12.6. The third-order valence-electron chi connectivity index (χ3n) is 3.51.